The Morgan fingerprint density at radius 2 is 1.49 bits per heavy atom. The van der Waals surface area contributed by atoms with E-state index in [-0.39, 0.29) is 33.9 Å². The maximum Gasteiger partial charge on any atom is 0.416 e. The molecule has 0 spiro atoms. The number of rotatable bonds is 13. The highest BCUT2D eigenvalue weighted by atomic mass is 35.5. The molecule has 0 fully saturated rings. The number of nitrogens with one attached hydrogen (secondary N) is 1. The molecule has 4 aromatic carbocycles. The van der Waals surface area contributed by atoms with Gasteiger partial charge in [0.2, 0.25) is 11.8 Å². The number of hydrogen-bond acceptors (Lipinski definition) is 4. The van der Waals surface area contributed by atoms with Gasteiger partial charge in [-0.3, -0.25) is 13.9 Å². The van der Waals surface area contributed by atoms with Gasteiger partial charge in [-0.1, -0.05) is 96.3 Å². The van der Waals surface area contributed by atoms with Crippen molar-refractivity contribution >= 4 is 62.3 Å². The highest BCUT2D eigenvalue weighted by molar-refractivity contribution is 7.92. The van der Waals surface area contributed by atoms with E-state index in [4.69, 9.17) is 34.8 Å². The first-order valence-corrected chi connectivity index (χ1v) is 17.7. The number of carbonyl (C=O) groups is 2. The molecule has 4 rings (SSSR count). The summed E-state index contributed by atoms with van der Waals surface area (Å²) in [6.45, 7) is 2.39. The fourth-order valence-corrected chi connectivity index (χ4v) is 7.13. The molecule has 0 radical (unpaired) electrons. The Bertz CT molecular complexity index is 1880. The molecule has 14 heteroatoms. The molecule has 49 heavy (non-hydrogen) atoms. The van der Waals surface area contributed by atoms with Crippen molar-refractivity contribution in [3.63, 3.8) is 0 Å². The summed E-state index contributed by atoms with van der Waals surface area (Å²) in [7, 11) is -4.69. The maximum absolute atomic E-state index is 14.6. The molecule has 0 aliphatic heterocycles. The molecule has 1 N–H and O–H groups in total. The van der Waals surface area contributed by atoms with Crippen LogP contribution in [0.15, 0.2) is 102 Å². The predicted octanol–water partition coefficient (Wildman–Crippen LogP) is 8.42. The first kappa shape index (κ1) is 38.0. The van der Waals surface area contributed by atoms with E-state index in [0.717, 1.165) is 6.07 Å². The molecular weight excluding hydrogens is 722 g/mol. The van der Waals surface area contributed by atoms with Gasteiger partial charge in [-0.2, -0.15) is 13.2 Å². The number of halogens is 6. The Labute approximate surface area is 298 Å². The van der Waals surface area contributed by atoms with Crippen molar-refractivity contribution in [3.8, 4) is 0 Å². The number of sulfonamides is 1. The standard InChI is InChI=1S/C35H33Cl3F3N3O4S/c1-3-23(2)42-34(46)32(18-24-10-6-4-7-11-24)43(21-25-14-16-27(36)20-30(25)38)33(45)22-44(49(47,48)28-12-8-5-9-13-28)31-19-26(35(39,40)41)15-17-29(31)37/h4-17,19-20,23,32H,3,18,21-22H2,1-2H3,(H,42,46)/t23-,32+/m0/s1. The first-order chi connectivity index (χ1) is 23.1. The van der Waals surface area contributed by atoms with Crippen molar-refractivity contribution in [1.82, 2.24) is 10.2 Å². The largest absolute Gasteiger partial charge is 0.416 e. The summed E-state index contributed by atoms with van der Waals surface area (Å²) in [6.07, 6.45) is -4.24. The van der Waals surface area contributed by atoms with Crippen molar-refractivity contribution < 1.29 is 31.2 Å². The molecule has 0 heterocycles. The van der Waals surface area contributed by atoms with Crippen molar-refractivity contribution in [2.24, 2.45) is 0 Å². The average Bonchev–Trinajstić information content (AvgIpc) is 3.06. The minimum absolute atomic E-state index is 0.0236. The summed E-state index contributed by atoms with van der Waals surface area (Å²) in [5.74, 6) is -1.43. The third-order valence-corrected chi connectivity index (χ3v) is 10.5. The van der Waals surface area contributed by atoms with Gasteiger partial charge in [-0.15, -0.1) is 0 Å². The van der Waals surface area contributed by atoms with Crippen LogP contribution in [0.25, 0.3) is 0 Å². The lowest BCUT2D eigenvalue weighted by atomic mass is 10.0. The Balaban J connectivity index is 1.89. The van der Waals surface area contributed by atoms with Crippen LogP contribution in [-0.2, 0) is 38.8 Å². The second-order valence-corrected chi connectivity index (χ2v) is 14.4. The third-order valence-electron chi connectivity index (χ3n) is 7.78. The van der Waals surface area contributed by atoms with Crippen LogP contribution in [0.2, 0.25) is 15.1 Å². The first-order valence-electron chi connectivity index (χ1n) is 15.1. The number of nitrogens with zero attached hydrogens (tertiary/aromatic N) is 2. The molecule has 0 saturated carbocycles. The average molecular weight is 755 g/mol. The zero-order valence-corrected chi connectivity index (χ0v) is 29.5. The van der Waals surface area contributed by atoms with E-state index < -0.39 is 51.9 Å². The van der Waals surface area contributed by atoms with Crippen LogP contribution in [0.5, 0.6) is 0 Å². The summed E-state index contributed by atoms with van der Waals surface area (Å²) in [5.41, 5.74) is -0.654. The fourth-order valence-electron chi connectivity index (χ4n) is 4.94. The van der Waals surface area contributed by atoms with Crippen LogP contribution in [0, 0.1) is 0 Å². The highest BCUT2D eigenvalue weighted by Crippen LogP contribution is 2.37. The van der Waals surface area contributed by atoms with E-state index in [1.54, 1.807) is 55.5 Å². The quantitative estimate of drug-likeness (QED) is 0.149. The monoisotopic (exact) mass is 753 g/mol. The highest BCUT2D eigenvalue weighted by Gasteiger charge is 2.37. The van der Waals surface area contributed by atoms with Crippen LogP contribution in [-0.4, -0.2) is 43.8 Å². The molecule has 0 aliphatic rings. The van der Waals surface area contributed by atoms with Crippen LogP contribution in [0.1, 0.15) is 37.0 Å². The van der Waals surface area contributed by atoms with Gasteiger partial charge in [-0.25, -0.2) is 8.42 Å². The minimum Gasteiger partial charge on any atom is -0.352 e. The van der Waals surface area contributed by atoms with E-state index in [0.29, 0.717) is 39.0 Å². The lowest BCUT2D eigenvalue weighted by Crippen LogP contribution is -2.54. The molecule has 2 atom stereocenters. The molecule has 260 valence electrons. The SMILES string of the molecule is CC[C@H](C)NC(=O)[C@@H](Cc1ccccc1)N(Cc1ccc(Cl)cc1Cl)C(=O)CN(c1cc(C(F)(F)F)ccc1Cl)S(=O)(=O)c1ccccc1. The molecular formula is C35H33Cl3F3N3O4S. The Morgan fingerprint density at radius 3 is 2.08 bits per heavy atom. The lowest BCUT2D eigenvalue weighted by Gasteiger charge is -2.34. The van der Waals surface area contributed by atoms with E-state index in [9.17, 15) is 31.2 Å². The van der Waals surface area contributed by atoms with Gasteiger partial charge in [0.15, 0.2) is 0 Å². The zero-order valence-electron chi connectivity index (χ0n) is 26.4. The number of anilines is 1. The summed E-state index contributed by atoms with van der Waals surface area (Å²) in [6, 6.07) is 21.1. The second kappa shape index (κ2) is 16.3. The summed E-state index contributed by atoms with van der Waals surface area (Å²) in [5, 5.41) is 3.06. The van der Waals surface area contributed by atoms with Crippen molar-refractivity contribution in [1.29, 1.82) is 0 Å². The van der Waals surface area contributed by atoms with Crippen molar-refractivity contribution in [3.05, 3.63) is 129 Å². The zero-order chi connectivity index (χ0) is 35.9. The molecule has 0 unspecified atom stereocenters. The third kappa shape index (κ3) is 9.69. The van der Waals surface area contributed by atoms with E-state index >= 15 is 0 Å². The number of benzene rings is 4. The Kier molecular flexibility index (Phi) is 12.6. The van der Waals surface area contributed by atoms with Crippen molar-refractivity contribution in [2.45, 2.75) is 56.4 Å². The number of hydrogen-bond donors (Lipinski definition) is 1. The van der Waals surface area contributed by atoms with E-state index in [2.05, 4.69) is 5.32 Å². The topological polar surface area (TPSA) is 86.8 Å². The minimum atomic E-state index is -4.85. The number of carbonyl (C=O) groups excluding carboxylic acids is 2. The Hall–Kier alpha value is -3.77. The number of amides is 2. The molecule has 0 bridgehead atoms. The van der Waals surface area contributed by atoms with Gasteiger partial charge in [0.05, 0.1) is 21.2 Å². The summed E-state index contributed by atoms with van der Waals surface area (Å²) in [4.78, 5) is 29.4. The molecule has 2 amide bonds. The van der Waals surface area contributed by atoms with E-state index in [1.165, 1.54) is 35.2 Å². The van der Waals surface area contributed by atoms with Crippen LogP contribution < -0.4 is 9.62 Å². The van der Waals surface area contributed by atoms with Gasteiger partial charge >= 0.3 is 6.18 Å². The van der Waals surface area contributed by atoms with E-state index in [1.807, 2.05) is 6.92 Å². The molecule has 0 saturated heterocycles. The molecule has 0 aromatic heterocycles. The van der Waals surface area contributed by atoms with Gasteiger partial charge in [0, 0.05) is 29.1 Å². The normalized spacial score (nSPS) is 13.0. The maximum atomic E-state index is 14.6. The number of alkyl halides is 3. The Morgan fingerprint density at radius 1 is 0.857 bits per heavy atom. The van der Waals surface area contributed by atoms with Crippen LogP contribution >= 0.6 is 34.8 Å². The predicted molar refractivity (Wildman–Crippen MR) is 186 cm³/mol. The van der Waals surface area contributed by atoms with Crippen molar-refractivity contribution in [2.75, 3.05) is 10.8 Å². The fraction of sp³-hybridized carbons (Fsp3) is 0.257. The van der Waals surface area contributed by atoms with Gasteiger partial charge < -0.3 is 10.2 Å². The van der Waals surface area contributed by atoms with Gasteiger partial charge in [0.1, 0.15) is 12.6 Å². The van der Waals surface area contributed by atoms with Crippen LogP contribution in [0.4, 0.5) is 18.9 Å². The summed E-state index contributed by atoms with van der Waals surface area (Å²) >= 11 is 19.0. The van der Waals surface area contributed by atoms with Gasteiger partial charge in [0.25, 0.3) is 10.0 Å². The molecule has 4 aromatic rings. The summed E-state index contributed by atoms with van der Waals surface area (Å²) < 4.78 is 70.4. The molecule has 0 aliphatic carbocycles. The lowest BCUT2D eigenvalue weighted by molar-refractivity contribution is -0.140. The van der Waals surface area contributed by atoms with Gasteiger partial charge in [-0.05, 0) is 66.9 Å². The van der Waals surface area contributed by atoms with Crippen LogP contribution in [0.3, 0.4) is 0 Å². The smallest absolute Gasteiger partial charge is 0.352 e. The second-order valence-electron chi connectivity index (χ2n) is 11.3. The molecule has 7 nitrogen and oxygen atoms in total.